The van der Waals surface area contributed by atoms with Crippen LogP contribution in [0.3, 0.4) is 0 Å². The summed E-state index contributed by atoms with van der Waals surface area (Å²) in [6.07, 6.45) is 7.31. The zero-order valence-corrected chi connectivity index (χ0v) is 19.3. The molecule has 4 rings (SSSR count). The Balaban J connectivity index is 1.03. The van der Waals surface area contributed by atoms with Gasteiger partial charge in [0.15, 0.2) is 0 Å². The summed E-state index contributed by atoms with van der Waals surface area (Å²) in [5, 5.41) is 0. The molecule has 2 saturated heterocycles. The molecule has 2 aromatic rings. The van der Waals surface area contributed by atoms with Gasteiger partial charge in [0.05, 0.1) is 0 Å². The molecular weight excluding hydrogens is 382 g/mol. The van der Waals surface area contributed by atoms with Crippen molar-refractivity contribution in [2.45, 2.75) is 32.6 Å². The zero-order valence-electron chi connectivity index (χ0n) is 19.3. The summed E-state index contributed by atoms with van der Waals surface area (Å²) in [5.74, 6) is 1.13. The first kappa shape index (κ1) is 22.1. The first-order valence-electron chi connectivity index (χ1n) is 12.2. The van der Waals surface area contributed by atoms with Crippen LogP contribution in [0.4, 0.5) is 11.5 Å². The molecule has 0 bridgehead atoms. The molecule has 1 aromatic carbocycles. The van der Waals surface area contributed by atoms with Crippen molar-refractivity contribution in [2.24, 2.45) is 0 Å². The molecule has 0 amide bonds. The highest BCUT2D eigenvalue weighted by atomic mass is 15.3. The number of anilines is 2. The van der Waals surface area contributed by atoms with Gasteiger partial charge in [-0.3, -0.25) is 9.80 Å². The van der Waals surface area contributed by atoms with Crippen molar-refractivity contribution < 1.29 is 0 Å². The van der Waals surface area contributed by atoms with Crippen molar-refractivity contribution in [3.8, 4) is 0 Å². The second-order valence-corrected chi connectivity index (χ2v) is 9.10. The Bertz CT molecular complexity index is 764. The molecule has 168 valence electrons. The molecule has 3 heterocycles. The fourth-order valence-corrected chi connectivity index (χ4v) is 4.82. The van der Waals surface area contributed by atoms with Gasteiger partial charge in [0, 0.05) is 64.2 Å². The number of aryl methyl sites for hydroxylation is 1. The van der Waals surface area contributed by atoms with Crippen LogP contribution in [-0.4, -0.2) is 80.2 Å². The highest BCUT2D eigenvalue weighted by molar-refractivity contribution is 5.48. The molecule has 0 unspecified atom stereocenters. The summed E-state index contributed by atoms with van der Waals surface area (Å²) in [6, 6.07) is 15.1. The van der Waals surface area contributed by atoms with Gasteiger partial charge in [0.25, 0.3) is 0 Å². The Labute approximate surface area is 188 Å². The van der Waals surface area contributed by atoms with Gasteiger partial charge in [0.1, 0.15) is 5.82 Å². The molecule has 1 aromatic heterocycles. The summed E-state index contributed by atoms with van der Waals surface area (Å²) >= 11 is 0. The first-order valence-corrected chi connectivity index (χ1v) is 12.2. The predicted octanol–water partition coefficient (Wildman–Crippen LogP) is 3.89. The molecule has 0 spiro atoms. The zero-order chi connectivity index (χ0) is 21.3. The van der Waals surface area contributed by atoms with E-state index in [4.69, 9.17) is 0 Å². The van der Waals surface area contributed by atoms with E-state index in [1.165, 1.54) is 76.2 Å². The Hall–Kier alpha value is -2.11. The van der Waals surface area contributed by atoms with Gasteiger partial charge in [-0.05, 0) is 62.7 Å². The third-order valence-corrected chi connectivity index (χ3v) is 6.78. The summed E-state index contributed by atoms with van der Waals surface area (Å²) in [7, 11) is 0. The van der Waals surface area contributed by atoms with Crippen LogP contribution in [0.1, 0.15) is 31.2 Å². The molecule has 0 radical (unpaired) electrons. The van der Waals surface area contributed by atoms with Crippen LogP contribution >= 0.6 is 0 Å². The third kappa shape index (κ3) is 6.68. The summed E-state index contributed by atoms with van der Waals surface area (Å²) < 4.78 is 0. The second kappa shape index (κ2) is 11.5. The lowest BCUT2D eigenvalue weighted by Gasteiger charge is -2.36. The van der Waals surface area contributed by atoms with E-state index in [2.05, 4.69) is 67.9 Å². The Kier molecular flexibility index (Phi) is 8.19. The SMILES string of the molecule is Cc1cccc(N2CCN(CCCCCCN3CCN(c4ccccn4)CC3)CC2)c1. The Morgan fingerprint density at radius 3 is 1.90 bits per heavy atom. The number of pyridine rings is 1. The van der Waals surface area contributed by atoms with Crippen LogP contribution in [-0.2, 0) is 0 Å². The van der Waals surface area contributed by atoms with E-state index < -0.39 is 0 Å². The van der Waals surface area contributed by atoms with Gasteiger partial charge in [-0.15, -0.1) is 0 Å². The highest BCUT2D eigenvalue weighted by Crippen LogP contribution is 2.18. The predicted molar refractivity (Wildman–Crippen MR) is 131 cm³/mol. The maximum absolute atomic E-state index is 4.49. The number of rotatable bonds is 9. The highest BCUT2D eigenvalue weighted by Gasteiger charge is 2.18. The molecule has 0 atom stereocenters. The minimum Gasteiger partial charge on any atom is -0.369 e. The van der Waals surface area contributed by atoms with Crippen molar-refractivity contribution in [2.75, 3.05) is 75.2 Å². The van der Waals surface area contributed by atoms with Crippen molar-refractivity contribution in [1.82, 2.24) is 14.8 Å². The lowest BCUT2D eigenvalue weighted by atomic mass is 10.1. The Morgan fingerprint density at radius 1 is 0.677 bits per heavy atom. The van der Waals surface area contributed by atoms with E-state index in [-0.39, 0.29) is 0 Å². The van der Waals surface area contributed by atoms with E-state index >= 15 is 0 Å². The van der Waals surface area contributed by atoms with Crippen molar-refractivity contribution >= 4 is 11.5 Å². The molecule has 31 heavy (non-hydrogen) atoms. The molecule has 2 fully saturated rings. The number of unbranched alkanes of at least 4 members (excludes halogenated alkanes) is 3. The van der Waals surface area contributed by atoms with Crippen LogP contribution in [0.2, 0.25) is 0 Å². The van der Waals surface area contributed by atoms with E-state index in [0.717, 1.165) is 32.0 Å². The minimum atomic E-state index is 1.10. The van der Waals surface area contributed by atoms with Crippen molar-refractivity contribution in [1.29, 1.82) is 0 Å². The van der Waals surface area contributed by atoms with Crippen molar-refractivity contribution in [3.05, 3.63) is 54.2 Å². The minimum absolute atomic E-state index is 1.10. The molecular formula is C26H39N5. The number of hydrogen-bond acceptors (Lipinski definition) is 5. The fourth-order valence-electron chi connectivity index (χ4n) is 4.82. The van der Waals surface area contributed by atoms with Gasteiger partial charge in [-0.25, -0.2) is 4.98 Å². The standard InChI is InChI=1S/C26H39N5/c1-24-9-8-10-25(23-24)30-19-15-28(16-20-30)13-6-2-3-7-14-29-17-21-31(22-18-29)26-11-4-5-12-27-26/h4-5,8-12,23H,2-3,6-7,13-22H2,1H3. The molecule has 0 aliphatic carbocycles. The molecule has 0 N–H and O–H groups in total. The van der Waals surface area contributed by atoms with Gasteiger partial charge < -0.3 is 9.80 Å². The van der Waals surface area contributed by atoms with Crippen LogP contribution in [0.15, 0.2) is 48.7 Å². The smallest absolute Gasteiger partial charge is 0.128 e. The molecule has 2 aliphatic heterocycles. The average molecular weight is 422 g/mol. The number of nitrogens with zero attached hydrogens (tertiary/aromatic N) is 5. The number of aromatic nitrogens is 1. The molecule has 5 nitrogen and oxygen atoms in total. The topological polar surface area (TPSA) is 25.9 Å². The molecule has 2 aliphatic rings. The molecule has 5 heteroatoms. The summed E-state index contributed by atoms with van der Waals surface area (Å²) in [4.78, 5) is 14.7. The monoisotopic (exact) mass is 421 g/mol. The quantitative estimate of drug-likeness (QED) is 0.572. The number of piperazine rings is 2. The summed E-state index contributed by atoms with van der Waals surface area (Å²) in [5.41, 5.74) is 2.75. The molecule has 0 saturated carbocycles. The lowest BCUT2D eigenvalue weighted by molar-refractivity contribution is 0.242. The summed E-state index contributed by atoms with van der Waals surface area (Å²) in [6.45, 7) is 14.0. The largest absolute Gasteiger partial charge is 0.369 e. The third-order valence-electron chi connectivity index (χ3n) is 6.78. The van der Waals surface area contributed by atoms with Crippen LogP contribution in [0.5, 0.6) is 0 Å². The van der Waals surface area contributed by atoms with E-state index in [0.29, 0.717) is 0 Å². The fraction of sp³-hybridized carbons (Fsp3) is 0.577. The van der Waals surface area contributed by atoms with Gasteiger partial charge >= 0.3 is 0 Å². The van der Waals surface area contributed by atoms with E-state index in [1.807, 2.05) is 12.3 Å². The van der Waals surface area contributed by atoms with Gasteiger partial charge in [0.2, 0.25) is 0 Å². The van der Waals surface area contributed by atoms with Crippen LogP contribution < -0.4 is 9.80 Å². The lowest BCUT2D eigenvalue weighted by Crippen LogP contribution is -2.47. The van der Waals surface area contributed by atoms with Gasteiger partial charge in [-0.1, -0.05) is 31.0 Å². The van der Waals surface area contributed by atoms with Crippen LogP contribution in [0, 0.1) is 6.92 Å². The normalized spacial score (nSPS) is 18.5. The maximum Gasteiger partial charge on any atom is 0.128 e. The Morgan fingerprint density at radius 2 is 1.32 bits per heavy atom. The van der Waals surface area contributed by atoms with Gasteiger partial charge in [-0.2, -0.15) is 0 Å². The first-order chi connectivity index (χ1) is 15.3. The average Bonchev–Trinajstić information content (AvgIpc) is 2.83. The number of hydrogen-bond donors (Lipinski definition) is 0. The van der Waals surface area contributed by atoms with E-state index in [1.54, 1.807) is 0 Å². The van der Waals surface area contributed by atoms with Crippen LogP contribution in [0.25, 0.3) is 0 Å². The van der Waals surface area contributed by atoms with E-state index in [9.17, 15) is 0 Å². The second-order valence-electron chi connectivity index (χ2n) is 9.10. The maximum atomic E-state index is 4.49. The number of benzene rings is 1. The van der Waals surface area contributed by atoms with Crippen molar-refractivity contribution in [3.63, 3.8) is 0 Å².